The van der Waals surface area contributed by atoms with Crippen LogP contribution in [0, 0.1) is 0 Å². The molecule has 0 bridgehead atoms. The van der Waals surface area contributed by atoms with Gasteiger partial charge in [-0.1, -0.05) is 0 Å². The van der Waals surface area contributed by atoms with Gasteiger partial charge in [-0.3, -0.25) is 4.79 Å². The second-order valence-corrected chi connectivity index (χ2v) is 6.83. The van der Waals surface area contributed by atoms with Gasteiger partial charge >= 0.3 is 0 Å². The van der Waals surface area contributed by atoms with Crippen molar-refractivity contribution in [2.24, 2.45) is 0 Å². The number of ketones is 1. The van der Waals surface area contributed by atoms with E-state index < -0.39 is 0 Å². The van der Waals surface area contributed by atoms with Crippen molar-refractivity contribution < 1.29 is 4.79 Å². The molecule has 0 saturated carbocycles. The molecule has 3 rings (SSSR count). The van der Waals surface area contributed by atoms with Crippen molar-refractivity contribution in [3.63, 3.8) is 0 Å². The lowest BCUT2D eigenvalue weighted by atomic mass is 10.2. The molecule has 0 saturated heterocycles. The summed E-state index contributed by atoms with van der Waals surface area (Å²) in [6.07, 6.45) is 5.22. The van der Waals surface area contributed by atoms with E-state index in [4.69, 9.17) is 0 Å². The Bertz CT molecular complexity index is 577. The lowest BCUT2D eigenvalue weighted by Gasteiger charge is -2.08. The third-order valence-corrected chi connectivity index (χ3v) is 5.65. The Morgan fingerprint density at radius 2 is 2.42 bits per heavy atom. The van der Waals surface area contributed by atoms with Crippen LogP contribution >= 0.6 is 23.1 Å². The van der Waals surface area contributed by atoms with Crippen molar-refractivity contribution in [2.45, 2.75) is 32.1 Å². The van der Waals surface area contributed by atoms with Gasteiger partial charge in [0.2, 0.25) is 0 Å². The molecule has 0 spiro atoms. The Kier molecular flexibility index (Phi) is 3.75. The van der Waals surface area contributed by atoms with E-state index in [0.29, 0.717) is 6.42 Å². The van der Waals surface area contributed by atoms with E-state index in [-0.39, 0.29) is 5.78 Å². The number of thioether (sulfide) groups is 1. The van der Waals surface area contributed by atoms with Gasteiger partial charge in [0.05, 0.1) is 11.3 Å². The minimum absolute atomic E-state index is 0.199. The number of thiophene rings is 1. The van der Waals surface area contributed by atoms with Crippen molar-refractivity contribution in [3.05, 3.63) is 39.6 Å². The van der Waals surface area contributed by atoms with Crippen LogP contribution in [-0.2, 0) is 25.1 Å². The number of nitrogens with zero attached hydrogens (tertiary/aromatic N) is 2. The molecule has 100 valence electrons. The molecule has 0 radical (unpaired) electrons. The van der Waals surface area contributed by atoms with E-state index in [1.807, 2.05) is 22.5 Å². The third-order valence-electron chi connectivity index (χ3n) is 3.36. The Morgan fingerprint density at radius 3 is 3.21 bits per heavy atom. The van der Waals surface area contributed by atoms with E-state index in [1.54, 1.807) is 17.5 Å². The Labute approximate surface area is 121 Å². The molecule has 0 fully saturated rings. The molecule has 2 aromatic rings. The smallest absolute Gasteiger partial charge is 0.180 e. The largest absolute Gasteiger partial charge is 0.335 e. The number of carbonyl (C=O) groups is 1. The number of Topliss-reactive ketones (excluding diaryl/α,β-unsaturated/α-hetero) is 1. The zero-order chi connectivity index (χ0) is 13.2. The molecule has 5 heteroatoms. The van der Waals surface area contributed by atoms with Gasteiger partial charge in [0, 0.05) is 29.6 Å². The average molecular weight is 292 g/mol. The number of aromatic nitrogens is 2. The average Bonchev–Trinajstić information content (AvgIpc) is 3.03. The summed E-state index contributed by atoms with van der Waals surface area (Å²) in [5.41, 5.74) is 1.36. The summed E-state index contributed by atoms with van der Waals surface area (Å²) < 4.78 is 2.03. The first-order valence-corrected chi connectivity index (χ1v) is 8.47. The monoisotopic (exact) mass is 292 g/mol. The first kappa shape index (κ1) is 12.9. The van der Waals surface area contributed by atoms with Crippen LogP contribution in [-0.4, -0.2) is 21.1 Å². The van der Waals surface area contributed by atoms with Crippen molar-refractivity contribution in [2.75, 3.05) is 5.75 Å². The number of imidazole rings is 1. The highest BCUT2D eigenvalue weighted by Gasteiger charge is 2.18. The predicted molar refractivity (Wildman–Crippen MR) is 80.1 cm³/mol. The maximum Gasteiger partial charge on any atom is 0.180 e. The topological polar surface area (TPSA) is 34.9 Å². The highest BCUT2D eigenvalue weighted by molar-refractivity contribution is 7.98. The van der Waals surface area contributed by atoms with E-state index in [1.165, 1.54) is 16.2 Å². The highest BCUT2D eigenvalue weighted by atomic mass is 32.2. The lowest BCUT2D eigenvalue weighted by molar-refractivity contribution is 0.0993. The molecule has 3 heterocycles. The molecule has 0 amide bonds. The van der Waals surface area contributed by atoms with Crippen LogP contribution in [0.2, 0.25) is 0 Å². The molecule has 1 aliphatic heterocycles. The van der Waals surface area contributed by atoms with E-state index in [0.717, 1.165) is 29.4 Å². The van der Waals surface area contributed by atoms with Crippen LogP contribution in [0.5, 0.6) is 0 Å². The third kappa shape index (κ3) is 2.62. The number of carbonyl (C=O) groups excluding carboxylic acids is 1. The highest BCUT2D eigenvalue weighted by Crippen LogP contribution is 2.32. The first-order valence-electron chi connectivity index (χ1n) is 6.50. The van der Waals surface area contributed by atoms with Gasteiger partial charge < -0.3 is 4.57 Å². The standard InChI is InChI=1S/C14H16N2OS2/c1-2-16-5-4-15-14(16)8-11(17)13-7-10-9-18-6-3-12(10)19-13/h4-5,7H,2-3,6,8-9H2,1H3. The summed E-state index contributed by atoms with van der Waals surface area (Å²) in [6.45, 7) is 2.93. The number of aryl methyl sites for hydroxylation is 2. The molecular formula is C14H16N2OS2. The Balaban J connectivity index is 1.79. The second kappa shape index (κ2) is 5.51. The molecule has 0 unspecified atom stereocenters. The molecule has 3 nitrogen and oxygen atoms in total. The van der Waals surface area contributed by atoms with Gasteiger partial charge in [-0.25, -0.2) is 4.98 Å². The number of rotatable bonds is 4. The summed E-state index contributed by atoms with van der Waals surface area (Å²) >= 11 is 3.63. The Morgan fingerprint density at radius 1 is 1.53 bits per heavy atom. The van der Waals surface area contributed by atoms with Crippen molar-refractivity contribution in [3.8, 4) is 0 Å². The fourth-order valence-corrected chi connectivity index (χ4v) is 4.62. The number of hydrogen-bond donors (Lipinski definition) is 0. The van der Waals surface area contributed by atoms with Gasteiger partial charge in [-0.05, 0) is 30.7 Å². The SMILES string of the molecule is CCn1ccnc1CC(=O)c1cc2c(s1)CCSC2. The van der Waals surface area contributed by atoms with Gasteiger partial charge in [0.25, 0.3) is 0 Å². The molecule has 0 atom stereocenters. The number of hydrogen-bond acceptors (Lipinski definition) is 4. The minimum atomic E-state index is 0.199. The van der Waals surface area contributed by atoms with Gasteiger partial charge in [-0.15, -0.1) is 11.3 Å². The fraction of sp³-hybridized carbons (Fsp3) is 0.429. The fourth-order valence-electron chi connectivity index (χ4n) is 2.31. The predicted octanol–water partition coefficient (Wildman–Crippen LogP) is 3.18. The van der Waals surface area contributed by atoms with Crippen molar-refractivity contribution in [1.29, 1.82) is 0 Å². The zero-order valence-electron chi connectivity index (χ0n) is 10.9. The summed E-state index contributed by atoms with van der Waals surface area (Å²) in [5, 5.41) is 0. The van der Waals surface area contributed by atoms with Crippen LogP contribution in [0.1, 0.15) is 32.9 Å². The van der Waals surface area contributed by atoms with E-state index in [9.17, 15) is 4.79 Å². The summed E-state index contributed by atoms with van der Waals surface area (Å²) in [6, 6.07) is 2.09. The molecule has 19 heavy (non-hydrogen) atoms. The Hall–Kier alpha value is -1.07. The molecule has 0 aromatic carbocycles. The molecule has 0 aliphatic carbocycles. The lowest BCUT2D eigenvalue weighted by Crippen LogP contribution is -2.08. The maximum absolute atomic E-state index is 12.3. The summed E-state index contributed by atoms with van der Waals surface area (Å²) in [5.74, 6) is 3.31. The zero-order valence-corrected chi connectivity index (χ0v) is 12.5. The van der Waals surface area contributed by atoms with Crippen LogP contribution in [0.25, 0.3) is 0 Å². The van der Waals surface area contributed by atoms with Crippen LogP contribution in [0.3, 0.4) is 0 Å². The maximum atomic E-state index is 12.3. The first-order chi connectivity index (χ1) is 9.28. The number of fused-ring (bicyclic) bond motifs is 1. The van der Waals surface area contributed by atoms with Crippen LogP contribution in [0.15, 0.2) is 18.5 Å². The second-order valence-electron chi connectivity index (χ2n) is 4.59. The van der Waals surface area contributed by atoms with Crippen molar-refractivity contribution >= 4 is 28.9 Å². The summed E-state index contributed by atoms with van der Waals surface area (Å²) in [7, 11) is 0. The quantitative estimate of drug-likeness (QED) is 0.812. The molecule has 0 N–H and O–H groups in total. The molecule has 1 aliphatic rings. The van der Waals surface area contributed by atoms with Crippen LogP contribution < -0.4 is 0 Å². The van der Waals surface area contributed by atoms with Crippen LogP contribution in [0.4, 0.5) is 0 Å². The molecular weight excluding hydrogens is 276 g/mol. The van der Waals surface area contributed by atoms with Gasteiger partial charge in [0.15, 0.2) is 5.78 Å². The molecule has 2 aromatic heterocycles. The van der Waals surface area contributed by atoms with Crippen molar-refractivity contribution in [1.82, 2.24) is 9.55 Å². The van der Waals surface area contributed by atoms with Gasteiger partial charge in [-0.2, -0.15) is 11.8 Å². The van der Waals surface area contributed by atoms with E-state index >= 15 is 0 Å². The summed E-state index contributed by atoms with van der Waals surface area (Å²) in [4.78, 5) is 18.9. The van der Waals surface area contributed by atoms with Gasteiger partial charge in [0.1, 0.15) is 5.82 Å². The normalized spacial score (nSPS) is 14.4. The minimum Gasteiger partial charge on any atom is -0.335 e. The van der Waals surface area contributed by atoms with E-state index in [2.05, 4.69) is 18.0 Å².